The fourth-order valence-electron chi connectivity index (χ4n) is 1.77. The third-order valence-corrected chi connectivity index (χ3v) is 3.42. The van der Waals surface area contributed by atoms with Crippen LogP contribution in [0.15, 0.2) is 42.5 Å². The molecule has 0 unspecified atom stereocenters. The van der Waals surface area contributed by atoms with Crippen LogP contribution in [0.25, 0.3) is 0 Å². The second-order valence-corrected chi connectivity index (χ2v) is 5.28. The van der Waals surface area contributed by atoms with E-state index in [9.17, 15) is 4.79 Å². The molecule has 0 fully saturated rings. The minimum atomic E-state index is -0.0868. The van der Waals surface area contributed by atoms with Gasteiger partial charge >= 0.3 is 0 Å². The lowest BCUT2D eigenvalue weighted by Crippen LogP contribution is -2.22. The lowest BCUT2D eigenvalue weighted by atomic mass is 10.1. The van der Waals surface area contributed by atoms with E-state index in [4.69, 9.17) is 23.2 Å². The van der Waals surface area contributed by atoms with Crippen molar-refractivity contribution in [2.45, 2.75) is 0 Å². The van der Waals surface area contributed by atoms with Gasteiger partial charge < -0.3 is 10.2 Å². The van der Waals surface area contributed by atoms with E-state index in [0.29, 0.717) is 27.0 Å². The van der Waals surface area contributed by atoms with Gasteiger partial charge in [0.1, 0.15) is 0 Å². The Morgan fingerprint density at radius 1 is 1.00 bits per heavy atom. The van der Waals surface area contributed by atoms with Crippen molar-refractivity contribution >= 4 is 40.5 Å². The van der Waals surface area contributed by atoms with Gasteiger partial charge in [-0.15, -0.1) is 0 Å². The summed E-state index contributed by atoms with van der Waals surface area (Å²) in [6.45, 7) is 0. The Hall–Kier alpha value is -1.71. The predicted octanol–water partition coefficient (Wildman–Crippen LogP) is 4.44. The molecule has 0 heterocycles. The molecule has 0 saturated carbocycles. The summed E-state index contributed by atoms with van der Waals surface area (Å²) >= 11 is 12.3. The van der Waals surface area contributed by atoms with Gasteiger partial charge in [-0.1, -0.05) is 41.4 Å². The number of hydrogen-bond acceptors (Lipinski definition) is 2. The molecule has 20 heavy (non-hydrogen) atoms. The highest BCUT2D eigenvalue weighted by Crippen LogP contribution is 2.33. The number of nitrogens with zero attached hydrogens (tertiary/aromatic N) is 1. The van der Waals surface area contributed by atoms with E-state index in [1.165, 1.54) is 4.90 Å². The van der Waals surface area contributed by atoms with Crippen molar-refractivity contribution in [1.29, 1.82) is 0 Å². The zero-order valence-corrected chi connectivity index (χ0v) is 12.7. The van der Waals surface area contributed by atoms with Gasteiger partial charge in [0.05, 0.1) is 27.0 Å². The summed E-state index contributed by atoms with van der Waals surface area (Å²) in [4.78, 5) is 13.7. The van der Waals surface area contributed by atoms with E-state index >= 15 is 0 Å². The molecule has 2 rings (SSSR count). The Labute approximate surface area is 128 Å². The summed E-state index contributed by atoms with van der Waals surface area (Å²) in [5.41, 5.74) is 1.82. The average Bonchev–Trinajstić information content (AvgIpc) is 2.42. The van der Waals surface area contributed by atoms with Crippen LogP contribution < -0.4 is 5.32 Å². The monoisotopic (exact) mass is 308 g/mol. The predicted molar refractivity (Wildman–Crippen MR) is 84.2 cm³/mol. The summed E-state index contributed by atoms with van der Waals surface area (Å²) in [5, 5.41) is 4.14. The second-order valence-electron chi connectivity index (χ2n) is 4.47. The first-order valence-corrected chi connectivity index (χ1v) is 6.78. The van der Waals surface area contributed by atoms with Crippen LogP contribution in [0.1, 0.15) is 10.4 Å². The quantitative estimate of drug-likeness (QED) is 0.909. The number of nitrogens with one attached hydrogen (secondary N) is 1. The summed E-state index contributed by atoms with van der Waals surface area (Å²) < 4.78 is 0. The minimum Gasteiger partial charge on any atom is -0.352 e. The SMILES string of the molecule is CN(C)C(=O)c1ccccc1Nc1c(Cl)cccc1Cl. The maximum atomic E-state index is 12.1. The summed E-state index contributed by atoms with van der Waals surface area (Å²) in [5.74, 6) is -0.0868. The molecule has 0 saturated heterocycles. The van der Waals surface area contributed by atoms with Crippen molar-refractivity contribution in [3.63, 3.8) is 0 Å². The molecule has 0 aliphatic heterocycles. The van der Waals surface area contributed by atoms with Crippen molar-refractivity contribution in [3.8, 4) is 0 Å². The third-order valence-electron chi connectivity index (χ3n) is 2.79. The molecule has 104 valence electrons. The van der Waals surface area contributed by atoms with Crippen LogP contribution in [0.2, 0.25) is 10.0 Å². The van der Waals surface area contributed by atoms with Gasteiger partial charge in [0.25, 0.3) is 5.91 Å². The van der Waals surface area contributed by atoms with Crippen LogP contribution in [0.3, 0.4) is 0 Å². The topological polar surface area (TPSA) is 32.3 Å². The number of carbonyl (C=O) groups excluding carboxylic acids is 1. The van der Waals surface area contributed by atoms with Crippen LogP contribution in [0.4, 0.5) is 11.4 Å². The van der Waals surface area contributed by atoms with Crippen LogP contribution in [0, 0.1) is 0 Å². The standard InChI is InChI=1S/C15H14Cl2N2O/c1-19(2)15(20)10-6-3-4-9-13(10)18-14-11(16)7-5-8-12(14)17/h3-9,18H,1-2H3. The average molecular weight is 309 g/mol. The second kappa shape index (κ2) is 6.16. The van der Waals surface area contributed by atoms with Crippen molar-refractivity contribution in [2.75, 3.05) is 19.4 Å². The molecule has 5 heteroatoms. The zero-order chi connectivity index (χ0) is 14.7. The number of anilines is 2. The maximum absolute atomic E-state index is 12.1. The van der Waals surface area contributed by atoms with E-state index in [2.05, 4.69) is 5.32 Å². The smallest absolute Gasteiger partial charge is 0.255 e. The highest BCUT2D eigenvalue weighted by atomic mass is 35.5. The fraction of sp³-hybridized carbons (Fsp3) is 0.133. The first-order valence-electron chi connectivity index (χ1n) is 6.02. The summed E-state index contributed by atoms with van der Waals surface area (Å²) in [6.07, 6.45) is 0. The number of hydrogen-bond donors (Lipinski definition) is 1. The van der Waals surface area contributed by atoms with Crippen LogP contribution in [-0.2, 0) is 0 Å². The fourth-order valence-corrected chi connectivity index (χ4v) is 2.26. The third kappa shape index (κ3) is 3.06. The van der Waals surface area contributed by atoms with E-state index in [0.717, 1.165) is 0 Å². The van der Waals surface area contributed by atoms with Gasteiger partial charge in [-0.25, -0.2) is 0 Å². The van der Waals surface area contributed by atoms with Crippen LogP contribution in [0.5, 0.6) is 0 Å². The Bertz CT molecular complexity index is 621. The van der Waals surface area contributed by atoms with Crippen LogP contribution >= 0.6 is 23.2 Å². The number of amides is 1. The van der Waals surface area contributed by atoms with Crippen molar-refractivity contribution < 1.29 is 4.79 Å². The number of halogens is 2. The Morgan fingerprint density at radius 2 is 1.60 bits per heavy atom. The molecule has 0 spiro atoms. The summed E-state index contributed by atoms with van der Waals surface area (Å²) in [7, 11) is 3.42. The molecule has 0 radical (unpaired) electrons. The molecule has 1 N–H and O–H groups in total. The van der Waals surface area contributed by atoms with Gasteiger partial charge in [-0.05, 0) is 24.3 Å². The van der Waals surface area contributed by atoms with Gasteiger partial charge in [-0.3, -0.25) is 4.79 Å². The van der Waals surface area contributed by atoms with E-state index in [1.807, 2.05) is 18.2 Å². The lowest BCUT2D eigenvalue weighted by Gasteiger charge is -2.16. The number of benzene rings is 2. The molecule has 0 atom stereocenters. The minimum absolute atomic E-state index is 0.0868. The van der Waals surface area contributed by atoms with E-state index < -0.39 is 0 Å². The number of rotatable bonds is 3. The van der Waals surface area contributed by atoms with Crippen molar-refractivity contribution in [2.24, 2.45) is 0 Å². The Kier molecular flexibility index (Phi) is 4.53. The Balaban J connectivity index is 2.42. The molecule has 0 aliphatic carbocycles. The molecular formula is C15H14Cl2N2O. The highest BCUT2D eigenvalue weighted by Gasteiger charge is 2.14. The van der Waals surface area contributed by atoms with Gasteiger partial charge in [0, 0.05) is 14.1 Å². The highest BCUT2D eigenvalue weighted by molar-refractivity contribution is 6.39. The van der Waals surface area contributed by atoms with Gasteiger partial charge in [0.15, 0.2) is 0 Å². The largest absolute Gasteiger partial charge is 0.352 e. The van der Waals surface area contributed by atoms with Crippen LogP contribution in [-0.4, -0.2) is 24.9 Å². The van der Waals surface area contributed by atoms with Crippen molar-refractivity contribution in [3.05, 3.63) is 58.1 Å². The normalized spacial score (nSPS) is 10.2. The first kappa shape index (κ1) is 14.7. The van der Waals surface area contributed by atoms with Gasteiger partial charge in [-0.2, -0.15) is 0 Å². The molecule has 0 bridgehead atoms. The summed E-state index contributed by atoms with van der Waals surface area (Å²) in [6, 6.07) is 12.5. The zero-order valence-electron chi connectivity index (χ0n) is 11.2. The molecule has 1 amide bonds. The molecule has 2 aromatic rings. The lowest BCUT2D eigenvalue weighted by molar-refractivity contribution is 0.0828. The number of carbonyl (C=O) groups is 1. The molecule has 0 aliphatic rings. The molecule has 0 aromatic heterocycles. The molecular weight excluding hydrogens is 295 g/mol. The van der Waals surface area contributed by atoms with Gasteiger partial charge in [0.2, 0.25) is 0 Å². The maximum Gasteiger partial charge on any atom is 0.255 e. The first-order chi connectivity index (χ1) is 9.50. The van der Waals surface area contributed by atoms with E-state index in [-0.39, 0.29) is 5.91 Å². The Morgan fingerprint density at radius 3 is 2.20 bits per heavy atom. The number of para-hydroxylation sites is 2. The molecule has 3 nitrogen and oxygen atoms in total. The molecule has 2 aromatic carbocycles. The van der Waals surface area contributed by atoms with E-state index in [1.54, 1.807) is 38.4 Å². The van der Waals surface area contributed by atoms with Crippen molar-refractivity contribution in [1.82, 2.24) is 4.90 Å².